The zero-order valence-corrected chi connectivity index (χ0v) is 16.6. The lowest BCUT2D eigenvalue weighted by Gasteiger charge is -2.21. The Morgan fingerprint density at radius 1 is 1.07 bits per heavy atom. The minimum atomic E-state index is -0.243. The normalized spacial score (nSPS) is 26.9. The Labute approximate surface area is 168 Å². The molecule has 146 valence electrons. The van der Waals surface area contributed by atoms with Crippen LogP contribution in [0.2, 0.25) is 0 Å². The van der Waals surface area contributed by atoms with Gasteiger partial charge in [0.05, 0.1) is 5.92 Å². The fraction of sp³-hybridized carbons (Fsp3) is 0.524. The van der Waals surface area contributed by atoms with Crippen LogP contribution in [0.1, 0.15) is 36.3 Å². The summed E-state index contributed by atoms with van der Waals surface area (Å²) in [7, 11) is 0. The molecular formula is C21H24N4O2S. The smallest absolute Gasteiger partial charge is 0.229 e. The molecule has 2 aliphatic heterocycles. The number of amides is 2. The predicted molar refractivity (Wildman–Crippen MR) is 107 cm³/mol. The van der Waals surface area contributed by atoms with Crippen molar-refractivity contribution in [2.24, 2.45) is 17.8 Å². The molecule has 0 spiro atoms. The molecule has 5 rings (SSSR count). The molecule has 28 heavy (non-hydrogen) atoms. The van der Waals surface area contributed by atoms with Gasteiger partial charge < -0.3 is 4.90 Å². The Bertz CT molecular complexity index is 872. The standard InChI is InChI=1S/C21H24N4O2S/c26-19-10-17(20(27)24-11-15-7-4-8-16(15)12-24)13-25(19)21-23-22-18(28-21)9-14-5-2-1-3-6-14/h1-3,5-6,15-17H,4,7-13H2/t15-,16+,17?. The molecular weight excluding hydrogens is 372 g/mol. The summed E-state index contributed by atoms with van der Waals surface area (Å²) in [6.07, 6.45) is 4.80. The van der Waals surface area contributed by atoms with Crippen molar-refractivity contribution in [3.05, 3.63) is 40.9 Å². The molecule has 1 unspecified atom stereocenters. The molecule has 3 atom stereocenters. The molecule has 2 aromatic rings. The minimum Gasteiger partial charge on any atom is -0.342 e. The van der Waals surface area contributed by atoms with Gasteiger partial charge in [-0.15, -0.1) is 10.2 Å². The van der Waals surface area contributed by atoms with Crippen molar-refractivity contribution in [2.75, 3.05) is 24.5 Å². The van der Waals surface area contributed by atoms with Gasteiger partial charge in [0.25, 0.3) is 0 Å². The first kappa shape index (κ1) is 17.8. The third kappa shape index (κ3) is 3.32. The van der Waals surface area contributed by atoms with Crippen LogP contribution in [-0.4, -0.2) is 46.5 Å². The highest BCUT2D eigenvalue weighted by atomic mass is 32.1. The monoisotopic (exact) mass is 396 g/mol. The maximum Gasteiger partial charge on any atom is 0.229 e. The van der Waals surface area contributed by atoms with Crippen molar-refractivity contribution in [3.8, 4) is 0 Å². The van der Waals surface area contributed by atoms with Crippen LogP contribution >= 0.6 is 11.3 Å². The molecule has 2 amide bonds. The van der Waals surface area contributed by atoms with Crippen LogP contribution in [-0.2, 0) is 16.0 Å². The van der Waals surface area contributed by atoms with E-state index in [0.29, 0.717) is 29.9 Å². The molecule has 1 aromatic carbocycles. The summed E-state index contributed by atoms with van der Waals surface area (Å²) < 4.78 is 0. The maximum atomic E-state index is 13.0. The van der Waals surface area contributed by atoms with Gasteiger partial charge in [-0.25, -0.2) is 0 Å². The SMILES string of the molecule is O=C(C1CC(=O)N(c2nnc(Cc3ccccc3)s2)C1)N1C[C@H]2CCC[C@H]2C1. The third-order valence-corrected chi connectivity index (χ3v) is 7.34. The predicted octanol–water partition coefficient (Wildman–Crippen LogP) is 2.74. The molecule has 3 fully saturated rings. The number of anilines is 1. The summed E-state index contributed by atoms with van der Waals surface area (Å²) in [5, 5.41) is 9.99. The molecule has 0 bridgehead atoms. The zero-order chi connectivity index (χ0) is 19.1. The zero-order valence-electron chi connectivity index (χ0n) is 15.8. The van der Waals surface area contributed by atoms with Gasteiger partial charge in [0.15, 0.2) is 0 Å². The van der Waals surface area contributed by atoms with Gasteiger partial charge in [0.1, 0.15) is 5.01 Å². The van der Waals surface area contributed by atoms with Crippen LogP contribution in [0.3, 0.4) is 0 Å². The van der Waals surface area contributed by atoms with Crippen molar-refractivity contribution in [1.29, 1.82) is 0 Å². The highest BCUT2D eigenvalue weighted by Crippen LogP contribution is 2.39. The first-order valence-corrected chi connectivity index (χ1v) is 10.9. The van der Waals surface area contributed by atoms with E-state index in [0.717, 1.165) is 18.1 Å². The molecule has 3 heterocycles. The van der Waals surface area contributed by atoms with Gasteiger partial charge in [-0.3, -0.25) is 14.5 Å². The second-order valence-corrected chi connectivity index (χ2v) is 9.28. The second-order valence-electron chi connectivity index (χ2n) is 8.24. The lowest BCUT2D eigenvalue weighted by atomic mass is 10.0. The van der Waals surface area contributed by atoms with Gasteiger partial charge in [-0.05, 0) is 30.2 Å². The van der Waals surface area contributed by atoms with Crippen LogP contribution in [0.25, 0.3) is 0 Å². The number of hydrogen-bond donors (Lipinski definition) is 0. The van der Waals surface area contributed by atoms with E-state index in [1.54, 1.807) is 4.90 Å². The number of hydrogen-bond acceptors (Lipinski definition) is 5. The molecule has 3 aliphatic rings. The number of carbonyl (C=O) groups is 2. The fourth-order valence-corrected chi connectivity index (χ4v) is 5.83. The molecule has 0 N–H and O–H groups in total. The summed E-state index contributed by atoms with van der Waals surface area (Å²) in [4.78, 5) is 29.2. The molecule has 1 saturated carbocycles. The van der Waals surface area contributed by atoms with E-state index in [9.17, 15) is 9.59 Å². The summed E-state index contributed by atoms with van der Waals surface area (Å²) >= 11 is 1.45. The lowest BCUT2D eigenvalue weighted by Crippen LogP contribution is -2.36. The Morgan fingerprint density at radius 3 is 2.57 bits per heavy atom. The number of likely N-dealkylation sites (tertiary alicyclic amines) is 1. The van der Waals surface area contributed by atoms with E-state index >= 15 is 0 Å². The van der Waals surface area contributed by atoms with Gasteiger partial charge in [-0.2, -0.15) is 0 Å². The summed E-state index contributed by atoms with van der Waals surface area (Å²) in [5.41, 5.74) is 1.17. The number of aromatic nitrogens is 2. The Morgan fingerprint density at radius 2 is 1.82 bits per heavy atom. The van der Waals surface area contributed by atoms with E-state index in [1.807, 2.05) is 23.1 Å². The number of carbonyl (C=O) groups excluding carboxylic acids is 2. The quantitative estimate of drug-likeness (QED) is 0.797. The van der Waals surface area contributed by atoms with Gasteiger partial charge in [0, 0.05) is 32.5 Å². The first-order chi connectivity index (χ1) is 13.7. The lowest BCUT2D eigenvalue weighted by molar-refractivity contribution is -0.135. The number of rotatable bonds is 4. The van der Waals surface area contributed by atoms with Crippen molar-refractivity contribution >= 4 is 28.3 Å². The molecule has 7 heteroatoms. The highest BCUT2D eigenvalue weighted by molar-refractivity contribution is 7.15. The van der Waals surface area contributed by atoms with Crippen molar-refractivity contribution in [1.82, 2.24) is 15.1 Å². The Hall–Kier alpha value is -2.28. The number of fused-ring (bicyclic) bond motifs is 1. The van der Waals surface area contributed by atoms with E-state index in [-0.39, 0.29) is 24.2 Å². The molecule has 2 saturated heterocycles. The minimum absolute atomic E-state index is 0.0137. The van der Waals surface area contributed by atoms with Crippen molar-refractivity contribution in [3.63, 3.8) is 0 Å². The van der Waals surface area contributed by atoms with Crippen LogP contribution < -0.4 is 4.90 Å². The summed E-state index contributed by atoms with van der Waals surface area (Å²) in [6, 6.07) is 10.1. The van der Waals surface area contributed by atoms with Gasteiger partial charge in [0.2, 0.25) is 16.9 Å². The first-order valence-electron chi connectivity index (χ1n) is 10.1. The highest BCUT2D eigenvalue weighted by Gasteiger charge is 2.43. The maximum absolute atomic E-state index is 13.0. The van der Waals surface area contributed by atoms with Gasteiger partial charge in [-0.1, -0.05) is 48.1 Å². The van der Waals surface area contributed by atoms with Crippen molar-refractivity contribution in [2.45, 2.75) is 32.1 Å². The van der Waals surface area contributed by atoms with E-state index in [2.05, 4.69) is 22.3 Å². The summed E-state index contributed by atoms with van der Waals surface area (Å²) in [6.45, 7) is 2.20. The molecule has 6 nitrogen and oxygen atoms in total. The Kier molecular flexibility index (Phi) is 4.62. The largest absolute Gasteiger partial charge is 0.342 e. The molecule has 1 aliphatic carbocycles. The van der Waals surface area contributed by atoms with Crippen LogP contribution in [0.15, 0.2) is 30.3 Å². The van der Waals surface area contributed by atoms with Crippen LogP contribution in [0.4, 0.5) is 5.13 Å². The average molecular weight is 397 g/mol. The van der Waals surface area contributed by atoms with Crippen molar-refractivity contribution < 1.29 is 9.59 Å². The summed E-state index contributed by atoms with van der Waals surface area (Å²) in [5.74, 6) is 1.26. The number of nitrogens with zero attached hydrogens (tertiary/aromatic N) is 4. The van der Waals surface area contributed by atoms with Gasteiger partial charge >= 0.3 is 0 Å². The van der Waals surface area contributed by atoms with Crippen LogP contribution in [0, 0.1) is 17.8 Å². The van der Waals surface area contributed by atoms with Crippen LogP contribution in [0.5, 0.6) is 0 Å². The second kappa shape index (κ2) is 7.28. The van der Waals surface area contributed by atoms with E-state index in [4.69, 9.17) is 0 Å². The van der Waals surface area contributed by atoms with E-state index < -0.39 is 0 Å². The van der Waals surface area contributed by atoms with E-state index in [1.165, 1.54) is 36.2 Å². The average Bonchev–Trinajstić information content (AvgIpc) is 3.45. The third-order valence-electron chi connectivity index (χ3n) is 6.40. The fourth-order valence-electron chi connectivity index (χ4n) is 4.93. The Balaban J connectivity index is 1.24. The topological polar surface area (TPSA) is 66.4 Å². The molecule has 1 aromatic heterocycles. The number of benzene rings is 1. The molecule has 0 radical (unpaired) electrons.